The van der Waals surface area contributed by atoms with Gasteiger partial charge in [-0.1, -0.05) is 29.8 Å². The lowest BCUT2D eigenvalue weighted by Crippen LogP contribution is -2.43. The van der Waals surface area contributed by atoms with E-state index >= 15 is 0 Å². The van der Waals surface area contributed by atoms with Crippen molar-refractivity contribution in [2.24, 2.45) is 0 Å². The Morgan fingerprint density at radius 2 is 1.79 bits per heavy atom. The van der Waals surface area contributed by atoms with E-state index < -0.39 is 17.9 Å². The van der Waals surface area contributed by atoms with E-state index in [9.17, 15) is 14.4 Å². The third-order valence-corrected chi connectivity index (χ3v) is 3.40. The van der Waals surface area contributed by atoms with Crippen LogP contribution in [0.15, 0.2) is 42.6 Å². The number of nitrogens with one attached hydrogen (secondary N) is 4. The highest BCUT2D eigenvalue weighted by Gasteiger charge is 2.17. The Bertz CT molecular complexity index is 708. The number of hydrogen-bond acceptors (Lipinski definition) is 3. The minimum atomic E-state index is -0.467. The zero-order valence-corrected chi connectivity index (χ0v) is 13.6. The number of hydrogen-bond donors (Lipinski definition) is 4. The largest absolute Gasteiger partial charge is 0.357 e. The molecule has 0 saturated heterocycles. The molecule has 0 aliphatic rings. The van der Waals surface area contributed by atoms with Crippen molar-refractivity contribution in [3.63, 3.8) is 0 Å². The Morgan fingerprint density at radius 1 is 1.08 bits per heavy atom. The van der Waals surface area contributed by atoms with Gasteiger partial charge in [0.15, 0.2) is 0 Å². The van der Waals surface area contributed by atoms with E-state index in [2.05, 4.69) is 21.2 Å². The van der Waals surface area contributed by atoms with Crippen LogP contribution in [0.1, 0.15) is 41.0 Å². The normalized spacial score (nSPS) is 11.4. The number of amides is 3. The van der Waals surface area contributed by atoms with Gasteiger partial charge in [-0.3, -0.25) is 25.2 Å². The summed E-state index contributed by atoms with van der Waals surface area (Å²) in [6.45, 7) is 3.35. The molecule has 0 saturated carbocycles. The van der Waals surface area contributed by atoms with Crippen LogP contribution in [-0.2, 0) is 9.59 Å². The number of hydrazine groups is 1. The van der Waals surface area contributed by atoms with Crippen molar-refractivity contribution in [1.82, 2.24) is 21.2 Å². The van der Waals surface area contributed by atoms with Crippen molar-refractivity contribution in [2.75, 3.05) is 0 Å². The number of aromatic amines is 1. The topological polar surface area (TPSA) is 103 Å². The van der Waals surface area contributed by atoms with Gasteiger partial charge in [-0.05, 0) is 24.6 Å². The second kappa shape index (κ2) is 7.96. The lowest BCUT2D eigenvalue weighted by molar-refractivity contribution is -0.123. The second-order valence-electron chi connectivity index (χ2n) is 5.45. The fourth-order valence-corrected chi connectivity index (χ4v) is 2.20. The number of aryl methyl sites for hydroxylation is 1. The number of rotatable bonds is 5. The van der Waals surface area contributed by atoms with Crippen LogP contribution in [0.25, 0.3) is 0 Å². The van der Waals surface area contributed by atoms with E-state index in [1.807, 2.05) is 31.2 Å². The van der Waals surface area contributed by atoms with Crippen LogP contribution in [-0.4, -0.2) is 22.7 Å². The third kappa shape index (κ3) is 4.98. The summed E-state index contributed by atoms with van der Waals surface area (Å²) in [6, 6.07) is 10.4. The molecule has 1 atom stereocenters. The number of H-pyrrole nitrogens is 1. The molecule has 0 bridgehead atoms. The minimum absolute atomic E-state index is 0.00759. The molecule has 7 nitrogen and oxygen atoms in total. The monoisotopic (exact) mass is 328 g/mol. The summed E-state index contributed by atoms with van der Waals surface area (Å²) in [7, 11) is 0. The molecule has 2 rings (SSSR count). The second-order valence-corrected chi connectivity index (χ2v) is 5.45. The van der Waals surface area contributed by atoms with Gasteiger partial charge in [0.2, 0.25) is 11.8 Å². The van der Waals surface area contributed by atoms with Crippen LogP contribution >= 0.6 is 0 Å². The molecule has 1 unspecified atom stereocenters. The van der Waals surface area contributed by atoms with Crippen molar-refractivity contribution in [2.45, 2.75) is 26.3 Å². The highest BCUT2D eigenvalue weighted by Crippen LogP contribution is 2.17. The molecule has 24 heavy (non-hydrogen) atoms. The van der Waals surface area contributed by atoms with E-state index in [1.165, 1.54) is 6.92 Å². The fraction of sp³-hybridized carbons (Fsp3) is 0.235. The van der Waals surface area contributed by atoms with Gasteiger partial charge in [-0.2, -0.15) is 0 Å². The summed E-state index contributed by atoms with van der Waals surface area (Å²) in [5.74, 6) is -1.09. The molecule has 1 heterocycles. The quantitative estimate of drug-likeness (QED) is 0.623. The van der Waals surface area contributed by atoms with Gasteiger partial charge in [-0.15, -0.1) is 0 Å². The highest BCUT2D eigenvalue weighted by atomic mass is 16.2. The van der Waals surface area contributed by atoms with E-state index in [0.717, 1.165) is 11.1 Å². The maximum Gasteiger partial charge on any atom is 0.286 e. The highest BCUT2D eigenvalue weighted by molar-refractivity contribution is 5.93. The van der Waals surface area contributed by atoms with E-state index in [0.29, 0.717) is 5.69 Å². The van der Waals surface area contributed by atoms with Crippen molar-refractivity contribution in [3.8, 4) is 0 Å². The molecule has 0 fully saturated rings. The Balaban J connectivity index is 1.95. The van der Waals surface area contributed by atoms with Gasteiger partial charge in [-0.25, -0.2) is 0 Å². The van der Waals surface area contributed by atoms with Crippen molar-refractivity contribution in [1.29, 1.82) is 0 Å². The third-order valence-electron chi connectivity index (χ3n) is 3.40. The zero-order chi connectivity index (χ0) is 17.5. The van der Waals surface area contributed by atoms with E-state index in [-0.39, 0.29) is 12.3 Å². The predicted octanol–water partition coefficient (Wildman–Crippen LogP) is 1.35. The van der Waals surface area contributed by atoms with Gasteiger partial charge in [0, 0.05) is 13.1 Å². The summed E-state index contributed by atoms with van der Waals surface area (Å²) in [5.41, 5.74) is 6.91. The van der Waals surface area contributed by atoms with Gasteiger partial charge in [0.1, 0.15) is 5.69 Å². The molecule has 0 aliphatic heterocycles. The Labute approximate surface area is 139 Å². The first kappa shape index (κ1) is 17.3. The van der Waals surface area contributed by atoms with Crippen molar-refractivity contribution >= 4 is 17.7 Å². The van der Waals surface area contributed by atoms with Crippen LogP contribution < -0.4 is 16.2 Å². The van der Waals surface area contributed by atoms with Gasteiger partial charge in [0.05, 0.1) is 12.5 Å². The van der Waals surface area contributed by atoms with Crippen LogP contribution in [0, 0.1) is 6.92 Å². The first-order valence-electron chi connectivity index (χ1n) is 7.52. The Hall–Kier alpha value is -3.09. The first-order chi connectivity index (χ1) is 11.5. The average Bonchev–Trinajstić information content (AvgIpc) is 3.07. The van der Waals surface area contributed by atoms with Gasteiger partial charge in [0.25, 0.3) is 5.91 Å². The SMILES string of the molecule is CC(=O)NC(CC(=O)NNC(=O)c1ccc[nH]1)c1ccc(C)cc1. The molecule has 126 valence electrons. The fourth-order valence-electron chi connectivity index (χ4n) is 2.20. The molecule has 7 heteroatoms. The number of benzene rings is 1. The molecule has 1 aromatic carbocycles. The predicted molar refractivity (Wildman–Crippen MR) is 88.8 cm³/mol. The van der Waals surface area contributed by atoms with Gasteiger partial charge < -0.3 is 10.3 Å². The molecular formula is C17H20N4O3. The molecule has 1 aromatic heterocycles. The smallest absolute Gasteiger partial charge is 0.286 e. The summed E-state index contributed by atoms with van der Waals surface area (Å²) in [5, 5.41) is 2.74. The Morgan fingerprint density at radius 3 is 2.38 bits per heavy atom. The van der Waals surface area contributed by atoms with Crippen LogP contribution in [0.2, 0.25) is 0 Å². The molecule has 0 radical (unpaired) electrons. The van der Waals surface area contributed by atoms with Crippen molar-refractivity contribution in [3.05, 3.63) is 59.4 Å². The standard InChI is InChI=1S/C17H20N4O3/c1-11-5-7-13(8-6-11)15(19-12(2)22)10-16(23)20-21-17(24)14-4-3-9-18-14/h3-9,15,18H,10H2,1-2H3,(H,19,22)(H,20,23)(H,21,24). The molecule has 2 aromatic rings. The van der Waals surface area contributed by atoms with Crippen LogP contribution in [0.4, 0.5) is 0 Å². The lowest BCUT2D eigenvalue weighted by Gasteiger charge is -2.18. The zero-order valence-electron chi connectivity index (χ0n) is 13.6. The molecule has 0 spiro atoms. The number of carbonyl (C=O) groups is 3. The van der Waals surface area contributed by atoms with Gasteiger partial charge >= 0.3 is 0 Å². The maximum atomic E-state index is 12.1. The van der Waals surface area contributed by atoms with E-state index in [4.69, 9.17) is 0 Å². The molecule has 4 N–H and O–H groups in total. The average molecular weight is 328 g/mol. The molecular weight excluding hydrogens is 308 g/mol. The van der Waals surface area contributed by atoms with Crippen LogP contribution in [0.3, 0.4) is 0 Å². The molecule has 3 amide bonds. The number of aromatic nitrogens is 1. The van der Waals surface area contributed by atoms with Crippen LogP contribution in [0.5, 0.6) is 0 Å². The maximum absolute atomic E-state index is 12.1. The van der Waals surface area contributed by atoms with Crippen molar-refractivity contribution < 1.29 is 14.4 Å². The molecule has 0 aliphatic carbocycles. The summed E-state index contributed by atoms with van der Waals surface area (Å²) < 4.78 is 0. The van der Waals surface area contributed by atoms with E-state index in [1.54, 1.807) is 18.3 Å². The first-order valence-corrected chi connectivity index (χ1v) is 7.52. The summed E-state index contributed by atoms with van der Waals surface area (Å²) >= 11 is 0. The summed E-state index contributed by atoms with van der Waals surface area (Å²) in [4.78, 5) is 37.9. The minimum Gasteiger partial charge on any atom is -0.357 e. The Kier molecular flexibility index (Phi) is 5.73. The summed E-state index contributed by atoms with van der Waals surface area (Å²) in [6.07, 6.45) is 1.62. The number of carbonyl (C=O) groups excluding carboxylic acids is 3. The lowest BCUT2D eigenvalue weighted by atomic mass is 10.0.